The maximum atomic E-state index is 12.1. The lowest BCUT2D eigenvalue weighted by Crippen LogP contribution is -2.25. The zero-order chi connectivity index (χ0) is 13.1. The molecule has 0 aliphatic rings. The van der Waals surface area contributed by atoms with Gasteiger partial charge < -0.3 is 10.0 Å². The summed E-state index contributed by atoms with van der Waals surface area (Å²) < 4.78 is 0. The van der Waals surface area contributed by atoms with E-state index in [0.717, 1.165) is 5.00 Å². The third kappa shape index (κ3) is 2.38. The second-order valence-corrected chi connectivity index (χ2v) is 4.48. The van der Waals surface area contributed by atoms with Gasteiger partial charge in [0.1, 0.15) is 5.69 Å². The van der Waals surface area contributed by atoms with Crippen molar-refractivity contribution in [2.75, 3.05) is 11.9 Å². The van der Waals surface area contributed by atoms with Crippen LogP contribution in [0.1, 0.15) is 20.8 Å². The molecule has 1 N–H and O–H groups in total. The van der Waals surface area contributed by atoms with Crippen LogP contribution in [0.4, 0.5) is 5.00 Å². The Hall–Kier alpha value is -2.21. The number of hydrogen-bond donors (Lipinski definition) is 1. The second kappa shape index (κ2) is 4.97. The fraction of sp³-hybridized carbons (Fsp3) is 0.0833. The molecule has 0 saturated carbocycles. The van der Waals surface area contributed by atoms with Crippen LogP contribution in [0.25, 0.3) is 0 Å². The van der Waals surface area contributed by atoms with Gasteiger partial charge in [0, 0.05) is 13.2 Å². The van der Waals surface area contributed by atoms with E-state index in [1.54, 1.807) is 7.05 Å². The molecule has 1 amide bonds. The van der Waals surface area contributed by atoms with Crippen LogP contribution in [-0.2, 0) is 0 Å². The first kappa shape index (κ1) is 12.3. The molecule has 2 aromatic heterocycles. The molecule has 2 aromatic rings. The normalized spacial score (nSPS) is 10.1. The zero-order valence-corrected chi connectivity index (χ0v) is 10.3. The van der Waals surface area contributed by atoms with Crippen molar-refractivity contribution in [2.24, 2.45) is 0 Å². The standard InChI is InChI=1S/C12H10N2O3S/c1-14(10-3-2-6-18-10)11(15)8-4-5-9(12(16)17)13-7-8/h2-7H,1H3,(H,16,17). The molecule has 2 heterocycles. The SMILES string of the molecule is CN(C(=O)c1ccc(C(=O)O)nc1)c1cccs1. The van der Waals surface area contributed by atoms with Gasteiger partial charge in [-0.3, -0.25) is 4.79 Å². The Morgan fingerprint density at radius 3 is 2.61 bits per heavy atom. The van der Waals surface area contributed by atoms with E-state index in [4.69, 9.17) is 5.11 Å². The van der Waals surface area contributed by atoms with E-state index in [-0.39, 0.29) is 11.6 Å². The number of anilines is 1. The molecule has 18 heavy (non-hydrogen) atoms. The summed E-state index contributed by atoms with van der Waals surface area (Å²) in [5, 5.41) is 11.4. The fourth-order valence-electron chi connectivity index (χ4n) is 1.40. The van der Waals surface area contributed by atoms with Crippen molar-refractivity contribution in [1.29, 1.82) is 0 Å². The van der Waals surface area contributed by atoms with Crippen LogP contribution in [0.5, 0.6) is 0 Å². The number of amides is 1. The summed E-state index contributed by atoms with van der Waals surface area (Å²) in [7, 11) is 1.67. The van der Waals surface area contributed by atoms with Crippen molar-refractivity contribution in [1.82, 2.24) is 4.98 Å². The van der Waals surface area contributed by atoms with Crippen molar-refractivity contribution in [2.45, 2.75) is 0 Å². The van der Waals surface area contributed by atoms with Crippen LogP contribution < -0.4 is 4.90 Å². The largest absolute Gasteiger partial charge is 0.477 e. The van der Waals surface area contributed by atoms with Crippen LogP contribution >= 0.6 is 11.3 Å². The molecule has 0 unspecified atom stereocenters. The summed E-state index contributed by atoms with van der Waals surface area (Å²) in [6, 6.07) is 6.47. The van der Waals surface area contributed by atoms with E-state index < -0.39 is 5.97 Å². The number of pyridine rings is 1. The average Bonchev–Trinajstić information content (AvgIpc) is 2.91. The summed E-state index contributed by atoms with van der Waals surface area (Å²) in [6.45, 7) is 0. The second-order valence-electron chi connectivity index (χ2n) is 3.55. The van der Waals surface area contributed by atoms with E-state index in [1.807, 2.05) is 17.5 Å². The highest BCUT2D eigenvalue weighted by molar-refractivity contribution is 7.14. The minimum absolute atomic E-state index is 0.0784. The van der Waals surface area contributed by atoms with Gasteiger partial charge in [0.05, 0.1) is 10.6 Å². The first-order valence-electron chi connectivity index (χ1n) is 5.10. The number of nitrogens with zero attached hydrogens (tertiary/aromatic N) is 2. The Bertz CT molecular complexity index is 564. The summed E-state index contributed by atoms with van der Waals surface area (Å²) in [6.07, 6.45) is 1.27. The molecule has 6 heteroatoms. The quantitative estimate of drug-likeness (QED) is 0.919. The third-order valence-corrected chi connectivity index (χ3v) is 3.32. The minimum Gasteiger partial charge on any atom is -0.477 e. The molecule has 0 radical (unpaired) electrons. The van der Waals surface area contributed by atoms with E-state index >= 15 is 0 Å². The Morgan fingerprint density at radius 1 is 1.33 bits per heavy atom. The van der Waals surface area contributed by atoms with Gasteiger partial charge in [0.15, 0.2) is 0 Å². The first-order valence-corrected chi connectivity index (χ1v) is 5.98. The predicted molar refractivity (Wildman–Crippen MR) is 68.2 cm³/mol. The summed E-state index contributed by atoms with van der Waals surface area (Å²) in [4.78, 5) is 27.9. The van der Waals surface area contributed by atoms with Crippen molar-refractivity contribution in [3.8, 4) is 0 Å². The molecule has 5 nitrogen and oxygen atoms in total. The summed E-state index contributed by atoms with van der Waals surface area (Å²) >= 11 is 1.45. The molecule has 0 aromatic carbocycles. The van der Waals surface area contributed by atoms with E-state index in [2.05, 4.69) is 4.98 Å². The highest BCUT2D eigenvalue weighted by Gasteiger charge is 2.15. The Balaban J connectivity index is 2.21. The molecule has 92 valence electrons. The molecular weight excluding hydrogens is 252 g/mol. The molecule has 0 aliphatic heterocycles. The smallest absolute Gasteiger partial charge is 0.354 e. The molecular formula is C12H10N2O3S. The number of carboxylic acid groups (broad SMARTS) is 1. The van der Waals surface area contributed by atoms with E-state index in [0.29, 0.717) is 5.56 Å². The number of thiophene rings is 1. The van der Waals surface area contributed by atoms with Gasteiger partial charge in [-0.05, 0) is 29.6 Å². The van der Waals surface area contributed by atoms with Crippen LogP contribution in [0.2, 0.25) is 0 Å². The van der Waals surface area contributed by atoms with Crippen LogP contribution in [0.15, 0.2) is 35.8 Å². The summed E-state index contributed by atoms with van der Waals surface area (Å²) in [5.74, 6) is -1.33. The molecule has 0 aliphatic carbocycles. The maximum absolute atomic E-state index is 12.1. The molecule has 0 fully saturated rings. The highest BCUT2D eigenvalue weighted by atomic mass is 32.1. The Kier molecular flexibility index (Phi) is 3.38. The topological polar surface area (TPSA) is 70.5 Å². The van der Waals surface area contributed by atoms with Gasteiger partial charge in [-0.15, -0.1) is 11.3 Å². The maximum Gasteiger partial charge on any atom is 0.354 e. The average molecular weight is 262 g/mol. The fourth-order valence-corrected chi connectivity index (χ4v) is 2.10. The summed E-state index contributed by atoms with van der Waals surface area (Å²) in [5.41, 5.74) is 0.279. The monoisotopic (exact) mass is 262 g/mol. The number of aromatic nitrogens is 1. The van der Waals surface area contributed by atoms with Gasteiger partial charge >= 0.3 is 5.97 Å². The van der Waals surface area contributed by atoms with Crippen LogP contribution in [0.3, 0.4) is 0 Å². The Morgan fingerprint density at radius 2 is 2.11 bits per heavy atom. The minimum atomic E-state index is -1.11. The number of aromatic carboxylic acids is 1. The molecule has 0 bridgehead atoms. The molecule has 0 atom stereocenters. The molecule has 0 spiro atoms. The van der Waals surface area contributed by atoms with Crippen LogP contribution in [0, 0.1) is 0 Å². The lowest BCUT2D eigenvalue weighted by atomic mass is 10.2. The predicted octanol–water partition coefficient (Wildman–Crippen LogP) is 2.12. The molecule has 2 rings (SSSR count). The highest BCUT2D eigenvalue weighted by Crippen LogP contribution is 2.21. The number of rotatable bonds is 3. The third-order valence-electron chi connectivity index (χ3n) is 2.37. The van der Waals surface area contributed by atoms with E-state index in [9.17, 15) is 9.59 Å². The number of carbonyl (C=O) groups excluding carboxylic acids is 1. The van der Waals surface area contributed by atoms with Crippen molar-refractivity contribution in [3.63, 3.8) is 0 Å². The van der Waals surface area contributed by atoms with E-state index in [1.165, 1.54) is 34.6 Å². The van der Waals surface area contributed by atoms with Crippen LogP contribution in [-0.4, -0.2) is 29.0 Å². The lowest BCUT2D eigenvalue weighted by Gasteiger charge is -2.14. The van der Waals surface area contributed by atoms with Gasteiger partial charge in [-0.25, -0.2) is 9.78 Å². The molecule has 0 saturated heterocycles. The van der Waals surface area contributed by atoms with Gasteiger partial charge in [-0.1, -0.05) is 0 Å². The van der Waals surface area contributed by atoms with Gasteiger partial charge in [0.25, 0.3) is 5.91 Å². The van der Waals surface area contributed by atoms with Gasteiger partial charge in [-0.2, -0.15) is 0 Å². The number of carbonyl (C=O) groups is 2. The van der Waals surface area contributed by atoms with Crippen molar-refractivity contribution in [3.05, 3.63) is 47.1 Å². The number of carboxylic acids is 1. The van der Waals surface area contributed by atoms with Crippen molar-refractivity contribution >= 4 is 28.2 Å². The lowest BCUT2D eigenvalue weighted by molar-refractivity contribution is 0.0690. The van der Waals surface area contributed by atoms with Gasteiger partial charge in [0.2, 0.25) is 0 Å². The zero-order valence-electron chi connectivity index (χ0n) is 9.53. The van der Waals surface area contributed by atoms with Crippen molar-refractivity contribution < 1.29 is 14.7 Å². The Labute approximate surface area is 107 Å². The number of hydrogen-bond acceptors (Lipinski definition) is 4. The first-order chi connectivity index (χ1) is 8.59.